The molecular formula is C17H14BrClN2O2S. The lowest BCUT2D eigenvalue weighted by Gasteiger charge is -2.09. The summed E-state index contributed by atoms with van der Waals surface area (Å²) in [6.45, 7) is 0. The quantitative estimate of drug-likeness (QED) is 0.601. The Labute approximate surface area is 157 Å². The number of thioether (sulfide) groups is 1. The summed E-state index contributed by atoms with van der Waals surface area (Å²) in [5.41, 5.74) is 2.34. The second-order valence-corrected chi connectivity index (χ2v) is 7.45. The molecule has 2 aromatic heterocycles. The third-order valence-electron chi connectivity index (χ3n) is 3.43. The molecular weight excluding hydrogens is 412 g/mol. The Hall–Kier alpha value is -1.50. The first-order chi connectivity index (χ1) is 11.6. The zero-order valence-electron chi connectivity index (χ0n) is 12.8. The first-order valence-electron chi connectivity index (χ1n) is 7.15. The molecule has 0 atom stereocenters. The van der Waals surface area contributed by atoms with E-state index >= 15 is 0 Å². The molecule has 0 aliphatic carbocycles. The summed E-state index contributed by atoms with van der Waals surface area (Å²) < 4.78 is 7.71. The Morgan fingerprint density at radius 3 is 2.88 bits per heavy atom. The summed E-state index contributed by atoms with van der Waals surface area (Å²) in [4.78, 5) is 16.7. The number of nitrogens with zero attached hydrogens (tertiary/aromatic N) is 2. The van der Waals surface area contributed by atoms with E-state index in [-0.39, 0.29) is 5.56 Å². The minimum Gasteiger partial charge on any atom is -0.496 e. The van der Waals surface area contributed by atoms with E-state index in [4.69, 9.17) is 16.3 Å². The normalized spacial score (nSPS) is 11.0. The standard InChI is InChI=1S/C17H14BrClN2O2S/c1-23-15-4-3-13(19)6-11(15)9-24-10-14-7-17(22)21-8-12(18)2-5-16(21)20-14/h2-8H,9-10H2,1H3. The van der Waals surface area contributed by atoms with Crippen LogP contribution >= 0.6 is 39.3 Å². The highest BCUT2D eigenvalue weighted by molar-refractivity contribution is 9.10. The molecule has 0 aliphatic heterocycles. The van der Waals surface area contributed by atoms with Crippen molar-refractivity contribution < 1.29 is 4.74 Å². The number of hydrogen-bond donors (Lipinski definition) is 0. The van der Waals surface area contributed by atoms with Crippen molar-refractivity contribution >= 4 is 44.9 Å². The maximum absolute atomic E-state index is 12.2. The van der Waals surface area contributed by atoms with Crippen LogP contribution in [-0.2, 0) is 11.5 Å². The Morgan fingerprint density at radius 1 is 1.25 bits per heavy atom. The highest BCUT2D eigenvalue weighted by atomic mass is 79.9. The van der Waals surface area contributed by atoms with Crippen LogP contribution in [0.3, 0.4) is 0 Å². The van der Waals surface area contributed by atoms with Gasteiger partial charge in [0, 0.05) is 38.8 Å². The summed E-state index contributed by atoms with van der Waals surface area (Å²) >= 11 is 11.1. The molecule has 124 valence electrons. The number of pyridine rings is 1. The van der Waals surface area contributed by atoms with E-state index in [1.54, 1.807) is 37.2 Å². The van der Waals surface area contributed by atoms with Crippen molar-refractivity contribution in [3.8, 4) is 5.75 Å². The fourth-order valence-corrected chi connectivity index (χ4v) is 3.76. The average Bonchev–Trinajstić information content (AvgIpc) is 2.56. The highest BCUT2D eigenvalue weighted by Crippen LogP contribution is 2.27. The summed E-state index contributed by atoms with van der Waals surface area (Å²) in [6.07, 6.45) is 1.72. The summed E-state index contributed by atoms with van der Waals surface area (Å²) in [5, 5.41) is 0.680. The Kier molecular flexibility index (Phi) is 5.48. The largest absolute Gasteiger partial charge is 0.496 e. The number of rotatable bonds is 5. The number of ether oxygens (including phenoxy) is 1. The van der Waals surface area contributed by atoms with Gasteiger partial charge in [0.2, 0.25) is 0 Å². The molecule has 3 rings (SSSR count). The van der Waals surface area contributed by atoms with E-state index in [1.165, 1.54) is 4.40 Å². The van der Waals surface area contributed by atoms with E-state index in [0.717, 1.165) is 27.2 Å². The molecule has 3 aromatic rings. The molecule has 24 heavy (non-hydrogen) atoms. The second-order valence-electron chi connectivity index (χ2n) is 5.11. The van der Waals surface area contributed by atoms with Crippen molar-refractivity contribution in [3.05, 3.63) is 73.7 Å². The lowest BCUT2D eigenvalue weighted by Crippen LogP contribution is -2.15. The molecule has 0 N–H and O–H groups in total. The number of benzene rings is 1. The number of aromatic nitrogens is 2. The molecule has 0 unspecified atom stereocenters. The first-order valence-corrected chi connectivity index (χ1v) is 9.47. The van der Waals surface area contributed by atoms with Gasteiger partial charge in [-0.05, 0) is 46.3 Å². The summed E-state index contributed by atoms with van der Waals surface area (Å²) in [5.74, 6) is 2.17. The SMILES string of the molecule is COc1ccc(Cl)cc1CSCc1cc(=O)n2cc(Br)ccc2n1. The second kappa shape index (κ2) is 7.59. The van der Waals surface area contributed by atoms with Gasteiger partial charge in [-0.2, -0.15) is 11.8 Å². The smallest absolute Gasteiger partial charge is 0.258 e. The minimum absolute atomic E-state index is 0.0859. The fraction of sp³-hybridized carbons (Fsp3) is 0.176. The molecule has 2 heterocycles. The van der Waals surface area contributed by atoms with Crippen molar-refractivity contribution in [2.45, 2.75) is 11.5 Å². The van der Waals surface area contributed by atoms with Crippen molar-refractivity contribution in [1.29, 1.82) is 0 Å². The third kappa shape index (κ3) is 3.94. The molecule has 0 spiro atoms. The van der Waals surface area contributed by atoms with Gasteiger partial charge >= 0.3 is 0 Å². The topological polar surface area (TPSA) is 43.6 Å². The molecule has 0 saturated carbocycles. The number of hydrogen-bond acceptors (Lipinski definition) is 4. The van der Waals surface area contributed by atoms with Crippen molar-refractivity contribution in [2.75, 3.05) is 7.11 Å². The van der Waals surface area contributed by atoms with Crippen LogP contribution < -0.4 is 10.3 Å². The zero-order chi connectivity index (χ0) is 17.1. The highest BCUT2D eigenvalue weighted by Gasteiger charge is 2.07. The molecule has 0 fully saturated rings. The van der Waals surface area contributed by atoms with Crippen LogP contribution in [0.25, 0.3) is 5.65 Å². The van der Waals surface area contributed by atoms with E-state index < -0.39 is 0 Å². The molecule has 1 aromatic carbocycles. The van der Waals surface area contributed by atoms with Crippen LogP contribution in [0, 0.1) is 0 Å². The van der Waals surface area contributed by atoms with Crippen molar-refractivity contribution in [1.82, 2.24) is 9.38 Å². The molecule has 0 radical (unpaired) electrons. The zero-order valence-corrected chi connectivity index (χ0v) is 16.0. The van der Waals surface area contributed by atoms with Crippen molar-refractivity contribution in [2.24, 2.45) is 0 Å². The number of fused-ring (bicyclic) bond motifs is 1. The van der Waals surface area contributed by atoms with Crippen molar-refractivity contribution in [3.63, 3.8) is 0 Å². The van der Waals surface area contributed by atoms with Gasteiger partial charge < -0.3 is 4.74 Å². The number of methoxy groups -OCH3 is 1. The van der Waals surface area contributed by atoms with Crippen LogP contribution in [0.1, 0.15) is 11.3 Å². The van der Waals surface area contributed by atoms with Gasteiger partial charge in [-0.15, -0.1) is 0 Å². The lowest BCUT2D eigenvalue weighted by molar-refractivity contribution is 0.411. The lowest BCUT2D eigenvalue weighted by atomic mass is 10.2. The van der Waals surface area contributed by atoms with Crippen LogP contribution in [0.15, 0.2) is 51.9 Å². The molecule has 0 amide bonds. The maximum atomic E-state index is 12.2. The van der Waals surface area contributed by atoms with Crippen LogP contribution in [0.5, 0.6) is 5.75 Å². The predicted molar refractivity (Wildman–Crippen MR) is 102 cm³/mol. The van der Waals surface area contributed by atoms with E-state index in [0.29, 0.717) is 16.4 Å². The van der Waals surface area contributed by atoms with Crippen LogP contribution in [-0.4, -0.2) is 16.5 Å². The van der Waals surface area contributed by atoms with Crippen LogP contribution in [0.4, 0.5) is 0 Å². The van der Waals surface area contributed by atoms with Gasteiger partial charge in [-0.25, -0.2) is 4.98 Å². The van der Waals surface area contributed by atoms with Gasteiger partial charge in [0.05, 0.1) is 12.8 Å². The predicted octanol–water partition coefficient (Wildman–Crippen LogP) is 4.55. The van der Waals surface area contributed by atoms with Gasteiger partial charge in [0.1, 0.15) is 11.4 Å². The minimum atomic E-state index is -0.0859. The average molecular weight is 426 g/mol. The van der Waals surface area contributed by atoms with Crippen LogP contribution in [0.2, 0.25) is 5.02 Å². The van der Waals surface area contributed by atoms with Gasteiger partial charge in [-0.3, -0.25) is 9.20 Å². The molecule has 4 nitrogen and oxygen atoms in total. The van der Waals surface area contributed by atoms with Gasteiger partial charge in [0.15, 0.2) is 0 Å². The summed E-state index contributed by atoms with van der Waals surface area (Å²) in [6, 6.07) is 10.8. The fourth-order valence-electron chi connectivity index (χ4n) is 2.33. The number of halogens is 2. The Morgan fingerprint density at radius 2 is 2.08 bits per heavy atom. The van der Waals surface area contributed by atoms with E-state index in [1.807, 2.05) is 24.3 Å². The Balaban J connectivity index is 1.76. The molecule has 0 bridgehead atoms. The van der Waals surface area contributed by atoms with E-state index in [2.05, 4.69) is 20.9 Å². The monoisotopic (exact) mass is 424 g/mol. The molecule has 7 heteroatoms. The molecule has 0 aliphatic rings. The Bertz CT molecular complexity index is 946. The van der Waals surface area contributed by atoms with Gasteiger partial charge in [-0.1, -0.05) is 11.6 Å². The maximum Gasteiger partial charge on any atom is 0.258 e. The third-order valence-corrected chi connectivity index (χ3v) is 5.15. The van der Waals surface area contributed by atoms with E-state index in [9.17, 15) is 4.79 Å². The molecule has 0 saturated heterocycles. The van der Waals surface area contributed by atoms with Gasteiger partial charge in [0.25, 0.3) is 5.56 Å². The summed E-state index contributed by atoms with van der Waals surface area (Å²) in [7, 11) is 1.64. The first kappa shape index (κ1) is 17.3.